The summed E-state index contributed by atoms with van der Waals surface area (Å²) in [5.74, 6) is -0.788. The number of furan rings is 1. The molecule has 2 aromatic carbocycles. The number of nitrogens with zero attached hydrogens (tertiary/aromatic N) is 3. The van der Waals surface area contributed by atoms with Gasteiger partial charge in [0.25, 0.3) is 5.88 Å². The molecule has 7 rings (SSSR count). The van der Waals surface area contributed by atoms with Crippen molar-refractivity contribution in [2.24, 2.45) is 17.6 Å². The molecular weight excluding hydrogens is 706 g/mol. The molecular formula is C38H42FN5O8S. The number of nitrogens with one attached hydrogen (secondary N) is 1. The number of likely N-dealkylation sites (tertiary alicyclic amines) is 1. The first-order valence-electron chi connectivity index (χ1n) is 18.0. The van der Waals surface area contributed by atoms with Crippen LogP contribution < -0.4 is 19.9 Å². The number of aromatic nitrogens is 2. The Hall–Kier alpha value is -5.05. The second-order valence-electron chi connectivity index (χ2n) is 14.0. The number of halogens is 1. The largest absolute Gasteiger partial charge is 0.497 e. The predicted molar refractivity (Wildman–Crippen MR) is 194 cm³/mol. The fraction of sp³-hybridized carbons (Fsp3) is 0.447. The van der Waals surface area contributed by atoms with Crippen LogP contribution in [0.3, 0.4) is 0 Å². The number of sulfonamides is 1. The number of hydrogen-bond donors (Lipinski definition) is 2. The number of amides is 3. The average Bonchev–Trinajstić information content (AvgIpc) is 4.06. The van der Waals surface area contributed by atoms with Gasteiger partial charge in [0.1, 0.15) is 34.8 Å². The Morgan fingerprint density at radius 1 is 1.06 bits per heavy atom. The monoisotopic (exact) mass is 747 g/mol. The zero-order valence-corrected chi connectivity index (χ0v) is 30.1. The highest BCUT2D eigenvalue weighted by Gasteiger charge is 2.45. The van der Waals surface area contributed by atoms with Gasteiger partial charge in [-0.3, -0.25) is 19.1 Å². The van der Waals surface area contributed by atoms with Crippen LogP contribution in [0, 0.1) is 17.7 Å². The molecule has 3 aliphatic rings. The number of benzene rings is 2. The summed E-state index contributed by atoms with van der Waals surface area (Å²) in [5, 5.41) is 0.0392. The van der Waals surface area contributed by atoms with E-state index in [9.17, 15) is 27.2 Å². The molecule has 53 heavy (non-hydrogen) atoms. The zero-order chi connectivity index (χ0) is 37.3. The molecule has 2 saturated carbocycles. The van der Waals surface area contributed by atoms with E-state index in [-0.39, 0.29) is 48.6 Å². The molecule has 2 aliphatic carbocycles. The number of methoxy groups -OCH3 is 1. The van der Waals surface area contributed by atoms with E-state index in [0.717, 1.165) is 25.7 Å². The molecule has 2 aromatic heterocycles. The van der Waals surface area contributed by atoms with Crippen molar-refractivity contribution >= 4 is 49.8 Å². The number of rotatable bonds is 16. The quantitative estimate of drug-likeness (QED) is 0.115. The molecule has 4 aromatic rings. The van der Waals surface area contributed by atoms with Gasteiger partial charge in [0.05, 0.1) is 18.9 Å². The lowest BCUT2D eigenvalue weighted by molar-refractivity contribution is -0.137. The predicted octanol–water partition coefficient (Wildman–Crippen LogP) is 5.17. The summed E-state index contributed by atoms with van der Waals surface area (Å²) in [6, 6.07) is 10.4. The normalized spacial score (nSPS) is 21.4. The SMILES string of the molecule is COc1ccc(-c2nc(O[C@@H]3C[C@@H](C(N)=O)N(C(=O)CCCCCC/C=C\[C@@H]4C[C@@H]4C(=O)NS(=O)(=O)C4CC4)C3)c3oc4ccc(F)cc4c3n2)cc1. The molecule has 0 unspecified atom stereocenters. The Kier molecular flexibility index (Phi) is 10.4. The highest BCUT2D eigenvalue weighted by molar-refractivity contribution is 7.90. The molecule has 1 saturated heterocycles. The lowest BCUT2D eigenvalue weighted by Crippen LogP contribution is -2.43. The van der Waals surface area contributed by atoms with Gasteiger partial charge in [-0.1, -0.05) is 25.0 Å². The zero-order valence-electron chi connectivity index (χ0n) is 29.3. The summed E-state index contributed by atoms with van der Waals surface area (Å²) in [6.45, 7) is 0.127. The number of carbonyl (C=O) groups excluding carboxylic acids is 3. The Bertz CT molecular complexity index is 2170. The van der Waals surface area contributed by atoms with Crippen molar-refractivity contribution in [1.82, 2.24) is 19.6 Å². The Morgan fingerprint density at radius 2 is 1.83 bits per heavy atom. The molecule has 3 amide bonds. The number of nitrogens with two attached hydrogens (primary N) is 1. The number of hydrogen-bond acceptors (Lipinski definition) is 10. The van der Waals surface area contributed by atoms with Crippen LogP contribution in [0.5, 0.6) is 11.6 Å². The summed E-state index contributed by atoms with van der Waals surface area (Å²) < 4.78 is 58.1. The van der Waals surface area contributed by atoms with Gasteiger partial charge in [0.2, 0.25) is 33.3 Å². The van der Waals surface area contributed by atoms with E-state index in [4.69, 9.17) is 19.6 Å². The van der Waals surface area contributed by atoms with Crippen molar-refractivity contribution in [3.05, 3.63) is 60.4 Å². The van der Waals surface area contributed by atoms with Crippen LogP contribution >= 0.6 is 0 Å². The molecule has 0 bridgehead atoms. The maximum absolute atomic E-state index is 14.3. The van der Waals surface area contributed by atoms with E-state index in [1.165, 1.54) is 23.1 Å². The van der Waals surface area contributed by atoms with Crippen molar-refractivity contribution in [2.75, 3.05) is 13.7 Å². The van der Waals surface area contributed by atoms with Crippen LogP contribution in [0.1, 0.15) is 64.2 Å². The minimum atomic E-state index is -3.51. The van der Waals surface area contributed by atoms with Crippen LogP contribution in [-0.4, -0.2) is 72.1 Å². The third-order valence-corrected chi connectivity index (χ3v) is 11.9. The van der Waals surface area contributed by atoms with E-state index in [1.54, 1.807) is 31.4 Å². The minimum Gasteiger partial charge on any atom is -0.497 e. The maximum atomic E-state index is 14.3. The highest BCUT2D eigenvalue weighted by atomic mass is 32.2. The molecule has 0 radical (unpaired) electrons. The van der Waals surface area contributed by atoms with Crippen LogP contribution in [0.2, 0.25) is 0 Å². The molecule has 3 heterocycles. The molecule has 4 atom stereocenters. The summed E-state index contributed by atoms with van der Waals surface area (Å²) in [5.41, 5.74) is 7.40. The number of fused-ring (bicyclic) bond motifs is 3. The molecule has 0 spiro atoms. The molecule has 280 valence electrons. The number of unbranched alkanes of at least 4 members (excludes halogenated alkanes) is 4. The van der Waals surface area contributed by atoms with Gasteiger partial charge in [0.15, 0.2) is 5.82 Å². The van der Waals surface area contributed by atoms with Gasteiger partial charge in [-0.25, -0.2) is 17.8 Å². The molecule has 13 nitrogen and oxygen atoms in total. The molecule has 1 aliphatic heterocycles. The fourth-order valence-corrected chi connectivity index (χ4v) is 8.19. The number of ether oxygens (including phenoxy) is 2. The van der Waals surface area contributed by atoms with Crippen molar-refractivity contribution in [1.29, 1.82) is 0 Å². The van der Waals surface area contributed by atoms with Crippen LogP contribution in [-0.2, 0) is 24.4 Å². The maximum Gasteiger partial charge on any atom is 0.262 e. The van der Waals surface area contributed by atoms with Crippen molar-refractivity contribution in [3.63, 3.8) is 0 Å². The summed E-state index contributed by atoms with van der Waals surface area (Å²) in [7, 11) is -1.95. The number of carbonyl (C=O) groups is 3. The van der Waals surface area contributed by atoms with Crippen molar-refractivity contribution in [2.45, 2.75) is 81.6 Å². The summed E-state index contributed by atoms with van der Waals surface area (Å²) in [4.78, 5) is 48.9. The Labute approximate surface area is 306 Å². The molecule has 3 fully saturated rings. The summed E-state index contributed by atoms with van der Waals surface area (Å²) in [6.07, 6.45) is 9.83. The van der Waals surface area contributed by atoms with Gasteiger partial charge in [0, 0.05) is 29.7 Å². The van der Waals surface area contributed by atoms with Gasteiger partial charge >= 0.3 is 0 Å². The van der Waals surface area contributed by atoms with Gasteiger partial charge in [-0.15, -0.1) is 0 Å². The molecule has 3 N–H and O–H groups in total. The minimum absolute atomic E-state index is 0.0766. The first-order chi connectivity index (χ1) is 25.5. The second-order valence-corrected chi connectivity index (χ2v) is 16.0. The third kappa shape index (κ3) is 8.29. The topological polar surface area (TPSA) is 184 Å². The smallest absolute Gasteiger partial charge is 0.262 e. The highest BCUT2D eigenvalue weighted by Crippen LogP contribution is 2.41. The van der Waals surface area contributed by atoms with Gasteiger partial charge < -0.3 is 24.5 Å². The van der Waals surface area contributed by atoms with E-state index >= 15 is 0 Å². The van der Waals surface area contributed by atoms with Crippen molar-refractivity contribution in [3.8, 4) is 23.0 Å². The fourth-order valence-electron chi connectivity index (χ4n) is 6.84. The second kappa shape index (κ2) is 15.1. The lowest BCUT2D eigenvalue weighted by Gasteiger charge is -2.21. The Balaban J connectivity index is 0.924. The summed E-state index contributed by atoms with van der Waals surface area (Å²) >= 11 is 0. The Morgan fingerprint density at radius 3 is 2.57 bits per heavy atom. The van der Waals surface area contributed by atoms with E-state index in [1.807, 2.05) is 12.2 Å². The first-order valence-corrected chi connectivity index (χ1v) is 19.6. The van der Waals surface area contributed by atoms with Gasteiger partial charge in [-0.2, -0.15) is 4.98 Å². The standard InChI is InChI=1S/C38H42FN5O8S/c1-50-25-13-10-22(11-14-25)36-41-33-29-19-24(39)12-17-31(29)52-34(33)38(42-36)51-26-20-30(35(40)46)44(21-26)32(45)9-7-5-3-2-4-6-8-23-18-28(23)37(47)43-53(48,49)27-15-16-27/h6,8,10-14,17,19,23,26-28,30H,2-5,7,9,15-16,18,20-21H2,1H3,(H2,40,46)(H,43,47)/b8-6-/t23-,26-,28+,30+/m1/s1. The van der Waals surface area contributed by atoms with Crippen LogP contribution in [0.15, 0.2) is 59.0 Å². The number of primary amides is 1. The van der Waals surface area contributed by atoms with E-state index in [0.29, 0.717) is 59.3 Å². The van der Waals surface area contributed by atoms with E-state index < -0.39 is 45.1 Å². The number of allylic oxidation sites excluding steroid dienone is 2. The van der Waals surface area contributed by atoms with Crippen LogP contribution in [0.4, 0.5) is 4.39 Å². The average molecular weight is 748 g/mol. The lowest BCUT2D eigenvalue weighted by atomic mass is 10.1. The molecule has 15 heteroatoms. The van der Waals surface area contributed by atoms with Crippen LogP contribution in [0.25, 0.3) is 33.5 Å². The van der Waals surface area contributed by atoms with Gasteiger partial charge in [-0.05, 0) is 86.9 Å². The van der Waals surface area contributed by atoms with E-state index in [2.05, 4.69) is 14.7 Å². The third-order valence-electron chi connectivity index (χ3n) is 10.1. The first kappa shape index (κ1) is 36.3. The van der Waals surface area contributed by atoms with Crippen molar-refractivity contribution < 1.29 is 41.1 Å².